The van der Waals surface area contributed by atoms with Crippen LogP contribution < -0.4 is 15.4 Å². The van der Waals surface area contributed by atoms with Gasteiger partial charge in [-0.15, -0.1) is 10.2 Å². The molecule has 11 nitrogen and oxygen atoms in total. The molecule has 3 heterocycles. The summed E-state index contributed by atoms with van der Waals surface area (Å²) >= 11 is 0. The zero-order valence-electron chi connectivity index (χ0n) is 21.6. The lowest BCUT2D eigenvalue weighted by Gasteiger charge is -2.26. The standard InChI is InChI=1S/C26H37N7O4/c1-19-30-31-25-24(27-10-4-5-11-28-26(34)37-20-6-2-3-7-20)29-22-18-21(8-9-23(22)33(19)25)36-17-14-32-12-15-35-16-13-32/h8-9,18,20H,2-7,10-17H2,1H3,(H,27,29)(H,28,34). The van der Waals surface area contributed by atoms with Gasteiger partial charge in [-0.3, -0.25) is 9.30 Å². The summed E-state index contributed by atoms with van der Waals surface area (Å²) in [6.45, 7) is 8.18. The van der Waals surface area contributed by atoms with Gasteiger partial charge in [-0.25, -0.2) is 9.78 Å². The highest BCUT2D eigenvalue weighted by molar-refractivity contribution is 5.84. The molecule has 200 valence electrons. The van der Waals surface area contributed by atoms with Crippen molar-refractivity contribution in [3.8, 4) is 5.75 Å². The number of carbonyl (C=O) groups is 1. The van der Waals surface area contributed by atoms with Crippen LogP contribution in [0.2, 0.25) is 0 Å². The summed E-state index contributed by atoms with van der Waals surface area (Å²) in [5.41, 5.74) is 2.45. The predicted molar refractivity (Wildman–Crippen MR) is 140 cm³/mol. The second-order valence-electron chi connectivity index (χ2n) is 9.69. The third-order valence-electron chi connectivity index (χ3n) is 6.98. The van der Waals surface area contributed by atoms with E-state index < -0.39 is 0 Å². The Labute approximate surface area is 216 Å². The van der Waals surface area contributed by atoms with Crippen molar-refractivity contribution in [2.24, 2.45) is 0 Å². The van der Waals surface area contributed by atoms with Gasteiger partial charge in [-0.2, -0.15) is 0 Å². The third kappa shape index (κ3) is 6.58. The number of rotatable bonds is 11. The van der Waals surface area contributed by atoms with Crippen molar-refractivity contribution in [3.63, 3.8) is 0 Å². The summed E-state index contributed by atoms with van der Waals surface area (Å²) in [4.78, 5) is 19.1. The van der Waals surface area contributed by atoms with E-state index in [4.69, 9.17) is 19.2 Å². The number of benzene rings is 1. The van der Waals surface area contributed by atoms with Crippen LogP contribution in [0.25, 0.3) is 16.7 Å². The normalized spacial score (nSPS) is 16.9. The Morgan fingerprint density at radius 2 is 1.95 bits per heavy atom. The van der Waals surface area contributed by atoms with E-state index in [0.29, 0.717) is 31.2 Å². The van der Waals surface area contributed by atoms with Crippen LogP contribution in [0.3, 0.4) is 0 Å². The maximum Gasteiger partial charge on any atom is 0.407 e. The minimum Gasteiger partial charge on any atom is -0.492 e. The van der Waals surface area contributed by atoms with Crippen molar-refractivity contribution in [1.29, 1.82) is 0 Å². The Bertz CT molecular complexity index is 1190. The summed E-state index contributed by atoms with van der Waals surface area (Å²) in [5, 5.41) is 14.9. The first-order chi connectivity index (χ1) is 18.2. The van der Waals surface area contributed by atoms with Crippen molar-refractivity contribution >= 4 is 28.6 Å². The fourth-order valence-electron chi connectivity index (χ4n) is 4.93. The molecule has 1 aromatic carbocycles. The number of aromatic nitrogens is 4. The third-order valence-corrected chi connectivity index (χ3v) is 6.98. The molecule has 37 heavy (non-hydrogen) atoms. The van der Waals surface area contributed by atoms with Gasteiger partial charge in [0.25, 0.3) is 0 Å². The number of unbranched alkanes of at least 4 members (excludes halogenated alkanes) is 1. The van der Waals surface area contributed by atoms with Crippen LogP contribution in [0.1, 0.15) is 44.3 Å². The molecule has 1 saturated heterocycles. The Balaban J connectivity index is 1.15. The van der Waals surface area contributed by atoms with Gasteiger partial charge in [0.15, 0.2) is 5.82 Å². The Hall–Kier alpha value is -3.18. The van der Waals surface area contributed by atoms with Crippen LogP contribution in [-0.2, 0) is 9.47 Å². The first kappa shape index (κ1) is 25.5. The lowest BCUT2D eigenvalue weighted by molar-refractivity contribution is 0.0322. The van der Waals surface area contributed by atoms with E-state index in [-0.39, 0.29) is 12.2 Å². The number of hydrogen-bond acceptors (Lipinski definition) is 9. The molecule has 0 radical (unpaired) electrons. The van der Waals surface area contributed by atoms with E-state index in [2.05, 4.69) is 25.7 Å². The average Bonchev–Trinajstić information content (AvgIpc) is 3.56. The van der Waals surface area contributed by atoms with E-state index in [1.54, 1.807) is 0 Å². The lowest BCUT2D eigenvalue weighted by atomic mass is 10.2. The minimum atomic E-state index is -0.306. The fraction of sp³-hybridized carbons (Fsp3) is 0.615. The largest absolute Gasteiger partial charge is 0.492 e. The number of hydrogen-bond donors (Lipinski definition) is 2. The van der Waals surface area contributed by atoms with Crippen molar-refractivity contribution in [2.45, 2.75) is 51.6 Å². The van der Waals surface area contributed by atoms with Gasteiger partial charge in [0.05, 0.1) is 24.2 Å². The quantitative estimate of drug-likeness (QED) is 0.375. The van der Waals surface area contributed by atoms with Gasteiger partial charge in [-0.05, 0) is 57.6 Å². The summed E-state index contributed by atoms with van der Waals surface area (Å²) < 4.78 is 18.9. The minimum absolute atomic E-state index is 0.0883. The molecular weight excluding hydrogens is 474 g/mol. The van der Waals surface area contributed by atoms with Crippen molar-refractivity contribution in [2.75, 3.05) is 57.9 Å². The van der Waals surface area contributed by atoms with Gasteiger partial charge in [0.1, 0.15) is 24.3 Å². The van der Waals surface area contributed by atoms with E-state index in [1.165, 1.54) is 0 Å². The number of fused-ring (bicyclic) bond motifs is 3. The molecule has 1 aliphatic carbocycles. The molecule has 2 N–H and O–H groups in total. The van der Waals surface area contributed by atoms with Crippen molar-refractivity contribution in [3.05, 3.63) is 24.0 Å². The summed E-state index contributed by atoms with van der Waals surface area (Å²) in [7, 11) is 0. The second-order valence-corrected chi connectivity index (χ2v) is 9.69. The number of nitrogens with one attached hydrogen (secondary N) is 2. The second kappa shape index (κ2) is 12.4. The summed E-state index contributed by atoms with van der Waals surface area (Å²) in [5.74, 6) is 2.28. The maximum atomic E-state index is 11.9. The molecule has 0 bridgehead atoms. The van der Waals surface area contributed by atoms with Crippen LogP contribution in [0.4, 0.5) is 10.6 Å². The first-order valence-electron chi connectivity index (χ1n) is 13.4. The zero-order chi connectivity index (χ0) is 25.5. The molecule has 0 unspecified atom stereocenters. The molecular formula is C26H37N7O4. The molecule has 5 rings (SSSR count). The van der Waals surface area contributed by atoms with Crippen LogP contribution in [0.15, 0.2) is 18.2 Å². The number of amides is 1. The number of morpholine rings is 1. The monoisotopic (exact) mass is 511 g/mol. The van der Waals surface area contributed by atoms with Gasteiger partial charge < -0.3 is 24.8 Å². The van der Waals surface area contributed by atoms with Crippen molar-refractivity contribution < 1.29 is 19.0 Å². The SMILES string of the molecule is Cc1nnc2c(NCCCCNC(=O)OC3CCCC3)nc3cc(OCCN4CCOCC4)ccc3n12. The van der Waals surface area contributed by atoms with Crippen molar-refractivity contribution in [1.82, 2.24) is 29.8 Å². The summed E-state index contributed by atoms with van der Waals surface area (Å²) in [6.07, 6.45) is 5.74. The van der Waals surface area contributed by atoms with E-state index in [1.807, 2.05) is 29.5 Å². The van der Waals surface area contributed by atoms with Crippen LogP contribution in [-0.4, -0.2) is 89.2 Å². The van der Waals surface area contributed by atoms with Gasteiger partial charge in [-0.1, -0.05) is 0 Å². The number of carbonyl (C=O) groups excluding carboxylic acids is 1. The molecule has 1 amide bonds. The Morgan fingerprint density at radius 3 is 2.78 bits per heavy atom. The van der Waals surface area contributed by atoms with E-state index >= 15 is 0 Å². The number of alkyl carbamates (subject to hydrolysis) is 1. The molecule has 1 aliphatic heterocycles. The molecule has 1 saturated carbocycles. The Kier molecular flexibility index (Phi) is 8.52. The highest BCUT2D eigenvalue weighted by atomic mass is 16.6. The molecule has 3 aromatic rings. The summed E-state index contributed by atoms with van der Waals surface area (Å²) in [6, 6.07) is 5.95. The van der Waals surface area contributed by atoms with E-state index in [9.17, 15) is 4.79 Å². The van der Waals surface area contributed by atoms with E-state index in [0.717, 1.165) is 94.0 Å². The van der Waals surface area contributed by atoms with Crippen LogP contribution >= 0.6 is 0 Å². The van der Waals surface area contributed by atoms with Gasteiger partial charge in [0.2, 0.25) is 5.65 Å². The molecule has 11 heteroatoms. The highest BCUT2D eigenvalue weighted by Crippen LogP contribution is 2.25. The molecule has 2 aromatic heterocycles. The molecule has 2 fully saturated rings. The first-order valence-corrected chi connectivity index (χ1v) is 13.4. The van der Waals surface area contributed by atoms with Crippen LogP contribution in [0, 0.1) is 6.92 Å². The molecule has 0 atom stereocenters. The number of nitrogens with zero attached hydrogens (tertiary/aromatic N) is 5. The van der Waals surface area contributed by atoms with Gasteiger partial charge >= 0.3 is 6.09 Å². The number of anilines is 1. The zero-order valence-corrected chi connectivity index (χ0v) is 21.6. The lowest BCUT2D eigenvalue weighted by Crippen LogP contribution is -2.38. The van der Waals surface area contributed by atoms with Crippen LogP contribution in [0.5, 0.6) is 5.75 Å². The highest BCUT2D eigenvalue weighted by Gasteiger charge is 2.19. The smallest absolute Gasteiger partial charge is 0.407 e. The maximum absolute atomic E-state index is 11.9. The number of aryl methyl sites for hydroxylation is 1. The number of ether oxygens (including phenoxy) is 3. The average molecular weight is 512 g/mol. The predicted octanol–water partition coefficient (Wildman–Crippen LogP) is 3.16. The molecule has 0 spiro atoms. The topological polar surface area (TPSA) is 115 Å². The fourth-order valence-corrected chi connectivity index (χ4v) is 4.93. The molecule has 2 aliphatic rings. The van der Waals surface area contributed by atoms with Gasteiger partial charge in [0, 0.05) is 38.8 Å². The Morgan fingerprint density at radius 1 is 1.14 bits per heavy atom.